The van der Waals surface area contributed by atoms with Gasteiger partial charge in [0, 0.05) is 12.6 Å². The number of H-pyrrole nitrogens is 1. The predicted octanol–water partition coefficient (Wildman–Crippen LogP) is 2.48. The van der Waals surface area contributed by atoms with Crippen LogP contribution in [0.3, 0.4) is 0 Å². The number of aliphatic hydroxyl groups is 1. The Balaban J connectivity index is 1.19. The second-order valence-corrected chi connectivity index (χ2v) is 16.4. The molecule has 18 nitrogen and oxygen atoms in total. The van der Waals surface area contributed by atoms with Crippen molar-refractivity contribution in [3.8, 4) is 0 Å². The lowest BCUT2D eigenvalue weighted by atomic mass is 10.1. The zero-order valence-corrected chi connectivity index (χ0v) is 27.7. The number of hydrogen-bond acceptors (Lipinski definition) is 14. The zero-order chi connectivity index (χ0) is 33.1. The molecule has 4 aromatic rings. The number of nitrogens with zero attached hydrogens (tertiary/aromatic N) is 6. The van der Waals surface area contributed by atoms with Crippen molar-refractivity contribution in [2.24, 2.45) is 0 Å². The number of anilines is 1. The fraction of sp³-hybridized carbons (Fsp3) is 0.500. The Kier molecular flexibility index (Phi) is 9.33. The summed E-state index contributed by atoms with van der Waals surface area (Å²) in [7, 11) is 0. The van der Waals surface area contributed by atoms with Crippen LogP contribution in [0.2, 0.25) is 5.02 Å². The molecule has 6 heterocycles. The Morgan fingerprint density at radius 1 is 1.17 bits per heavy atom. The van der Waals surface area contributed by atoms with Gasteiger partial charge in [-0.25, -0.2) is 33.5 Å². The molecule has 9 atom stereocenters. The van der Waals surface area contributed by atoms with Gasteiger partial charge in [0.15, 0.2) is 29.6 Å². The van der Waals surface area contributed by atoms with Crippen LogP contribution in [0.25, 0.3) is 22.2 Å². The average Bonchev–Trinajstić information content (AvgIpc) is 3.71. The highest BCUT2D eigenvalue weighted by Gasteiger charge is 2.50. The number of ether oxygens (including phenoxy) is 2. The summed E-state index contributed by atoms with van der Waals surface area (Å²) >= 11 is 13.8. The molecular formula is C22H26ClFN8O10P2S2. The fourth-order valence-corrected chi connectivity index (χ4v) is 7.55. The van der Waals surface area contributed by atoms with Gasteiger partial charge in [-0.3, -0.25) is 22.9 Å². The summed E-state index contributed by atoms with van der Waals surface area (Å²) < 4.78 is 70.4. The number of alkyl halides is 1. The van der Waals surface area contributed by atoms with E-state index < -0.39 is 75.4 Å². The van der Waals surface area contributed by atoms with Crippen LogP contribution in [0.1, 0.15) is 24.7 Å². The van der Waals surface area contributed by atoms with E-state index >= 15 is 4.39 Å². The van der Waals surface area contributed by atoms with Crippen LogP contribution in [-0.2, 0) is 32.2 Å². The first kappa shape index (κ1) is 33.8. The normalized spacial score (nSPS) is 29.4. The third kappa shape index (κ3) is 6.74. The number of aromatic nitrogens is 7. The van der Waals surface area contributed by atoms with Gasteiger partial charge in [-0.15, -0.1) is 0 Å². The SMILES string of the molecule is Cc1nc(N)c2ncn([C@@H]3O[C@H](COP(=O)(S)O[C@@H]4[C@H](O)[C@@H](COP(=O)(O)S)O[C@H]4n4cc(Cl)c5c(=O)[nH]cnc54)C[C@H]3F)c2n1. The number of aromatic amines is 1. The second-order valence-electron chi connectivity index (χ2n) is 10.4. The minimum absolute atomic E-state index is 0.00933. The number of thiol groups is 2. The molecule has 6 rings (SSSR count). The molecule has 0 bridgehead atoms. The van der Waals surface area contributed by atoms with Crippen molar-refractivity contribution < 1.29 is 46.6 Å². The van der Waals surface area contributed by atoms with Crippen molar-refractivity contribution in [1.82, 2.24) is 34.1 Å². The topological polar surface area (TPSA) is 241 Å². The van der Waals surface area contributed by atoms with Crippen molar-refractivity contribution in [2.45, 2.75) is 56.4 Å². The van der Waals surface area contributed by atoms with Gasteiger partial charge in [0.25, 0.3) is 5.56 Å². The molecule has 0 spiro atoms. The molecule has 4 aromatic heterocycles. The average molecular weight is 743 g/mol. The van der Waals surface area contributed by atoms with E-state index in [-0.39, 0.29) is 39.5 Å². The Hall–Kier alpha value is -2.13. The molecule has 0 aliphatic carbocycles. The standard InChI is InChI=1S/C22H26ClFN8O10P2S2/c1-8-29-17(25)14-19(30-8)32(7-28-14)21-11(24)2-9(40-21)4-39-44(37,46)42-16-15(33)12(5-38-43(35,36)45)41-22(16)31-3-10(23)13-18(31)26-6-27-20(13)34/h3,6-7,9,11-12,15-16,21-22,33H,2,4-5H2,1H3,(H,37,46)(H2,25,29,30)(H,26,27,34)(H2,35,36,45)/t9-,11+,12+,15+,16+,21+,22+,44?/m0/s1. The van der Waals surface area contributed by atoms with E-state index in [4.69, 9.17) is 40.4 Å². The lowest BCUT2D eigenvalue weighted by Gasteiger charge is -2.25. The number of nitrogens with two attached hydrogens (primary N) is 1. The smallest absolute Gasteiger partial charge is 0.386 e. The van der Waals surface area contributed by atoms with Crippen LogP contribution in [-0.4, -0.2) is 87.9 Å². The molecular weight excluding hydrogens is 717 g/mol. The number of rotatable bonds is 10. The number of aryl methyl sites for hydroxylation is 1. The lowest BCUT2D eigenvalue weighted by molar-refractivity contribution is -0.0479. The molecule has 2 fully saturated rings. The maximum absolute atomic E-state index is 15.2. The van der Waals surface area contributed by atoms with E-state index in [2.05, 4.69) is 49.4 Å². The minimum atomic E-state index is -4.38. The third-order valence-electron chi connectivity index (χ3n) is 7.21. The number of hydrogen-bond donors (Lipinski definition) is 6. The molecule has 0 aromatic carbocycles. The van der Waals surface area contributed by atoms with Crippen molar-refractivity contribution >= 4 is 77.7 Å². The van der Waals surface area contributed by atoms with Crippen LogP contribution in [0.5, 0.6) is 0 Å². The van der Waals surface area contributed by atoms with Crippen molar-refractivity contribution in [2.75, 3.05) is 18.9 Å². The maximum atomic E-state index is 15.2. The largest absolute Gasteiger partial charge is 0.387 e. The Morgan fingerprint density at radius 3 is 2.67 bits per heavy atom. The lowest BCUT2D eigenvalue weighted by Crippen LogP contribution is -2.35. The summed E-state index contributed by atoms with van der Waals surface area (Å²) in [6.45, 7) is -8.13. The Bertz CT molecular complexity index is 1950. The monoisotopic (exact) mass is 742 g/mol. The minimum Gasteiger partial charge on any atom is -0.387 e. The van der Waals surface area contributed by atoms with E-state index in [9.17, 15) is 23.9 Å². The van der Waals surface area contributed by atoms with Gasteiger partial charge in [0.2, 0.25) is 0 Å². The van der Waals surface area contributed by atoms with E-state index in [1.807, 2.05) is 0 Å². The van der Waals surface area contributed by atoms with Gasteiger partial charge in [0.05, 0.1) is 37.0 Å². The molecule has 24 heteroatoms. The highest BCUT2D eigenvalue weighted by Crippen LogP contribution is 2.57. The number of aliphatic hydroxyl groups excluding tert-OH is 1. The van der Waals surface area contributed by atoms with Crippen molar-refractivity contribution in [3.63, 3.8) is 0 Å². The summed E-state index contributed by atoms with van der Waals surface area (Å²) in [6.07, 6.45) is -5.94. The van der Waals surface area contributed by atoms with Crippen molar-refractivity contribution in [3.05, 3.63) is 40.1 Å². The zero-order valence-electron chi connectivity index (χ0n) is 23.4. The van der Waals surface area contributed by atoms with Gasteiger partial charge < -0.3 is 34.8 Å². The van der Waals surface area contributed by atoms with E-state index in [0.29, 0.717) is 5.82 Å². The van der Waals surface area contributed by atoms with Crippen LogP contribution in [0.4, 0.5) is 10.2 Å². The van der Waals surface area contributed by atoms with Crippen LogP contribution < -0.4 is 11.3 Å². The van der Waals surface area contributed by atoms with Crippen LogP contribution >= 0.6 is 49.7 Å². The molecule has 2 unspecified atom stereocenters. The molecule has 0 radical (unpaired) electrons. The molecule has 2 aliphatic heterocycles. The summed E-state index contributed by atoms with van der Waals surface area (Å²) in [4.78, 5) is 40.8. The quantitative estimate of drug-likeness (QED) is 0.101. The maximum Gasteiger partial charge on any atom is 0.386 e. The van der Waals surface area contributed by atoms with Gasteiger partial charge in [-0.2, -0.15) is 0 Å². The van der Waals surface area contributed by atoms with E-state index in [1.165, 1.54) is 21.7 Å². The number of fused-ring (bicyclic) bond motifs is 2. The first-order chi connectivity index (χ1) is 21.6. The van der Waals surface area contributed by atoms with Crippen molar-refractivity contribution in [1.29, 1.82) is 0 Å². The number of halogens is 2. The summed E-state index contributed by atoms with van der Waals surface area (Å²) in [5, 5.41) is 11.0. The number of imidazole rings is 1. The van der Waals surface area contributed by atoms with Gasteiger partial charge in [-0.05, 0) is 6.92 Å². The van der Waals surface area contributed by atoms with Gasteiger partial charge in [-0.1, -0.05) is 36.1 Å². The third-order valence-corrected chi connectivity index (χ3v) is 9.94. The molecule has 5 N–H and O–H groups in total. The molecule has 250 valence electrons. The van der Waals surface area contributed by atoms with E-state index in [1.54, 1.807) is 6.92 Å². The molecule has 0 saturated carbocycles. The Morgan fingerprint density at radius 2 is 1.93 bits per heavy atom. The summed E-state index contributed by atoms with van der Waals surface area (Å²) in [6, 6.07) is 0. The summed E-state index contributed by atoms with van der Waals surface area (Å²) in [5.41, 5.74) is 5.90. The number of nitrogens with one attached hydrogen (secondary N) is 1. The van der Waals surface area contributed by atoms with Gasteiger partial charge >= 0.3 is 13.6 Å². The second kappa shape index (κ2) is 12.7. The molecule has 0 amide bonds. The highest BCUT2D eigenvalue weighted by molar-refractivity contribution is 8.44. The summed E-state index contributed by atoms with van der Waals surface area (Å²) in [5.74, 6) is 0.480. The fourth-order valence-electron chi connectivity index (χ4n) is 5.26. The molecule has 2 saturated heterocycles. The molecule has 46 heavy (non-hydrogen) atoms. The first-order valence-electron chi connectivity index (χ1n) is 13.3. The van der Waals surface area contributed by atoms with Crippen LogP contribution in [0, 0.1) is 6.92 Å². The van der Waals surface area contributed by atoms with Crippen LogP contribution in [0.15, 0.2) is 23.6 Å². The highest BCUT2D eigenvalue weighted by atomic mass is 35.5. The molecule has 2 aliphatic rings. The predicted molar refractivity (Wildman–Crippen MR) is 165 cm³/mol. The first-order valence-corrected chi connectivity index (χ1v) is 19.1. The Labute approximate surface area is 273 Å². The number of nitrogen functional groups attached to an aromatic ring is 1. The van der Waals surface area contributed by atoms with E-state index in [0.717, 1.165) is 6.33 Å². The van der Waals surface area contributed by atoms with Gasteiger partial charge in [0.1, 0.15) is 41.2 Å².